The van der Waals surface area contributed by atoms with Crippen LogP contribution in [0.3, 0.4) is 0 Å². The molecule has 22 heavy (non-hydrogen) atoms. The molecule has 2 rings (SSSR count). The fraction of sp³-hybridized carbons (Fsp3) is 0.200. The summed E-state index contributed by atoms with van der Waals surface area (Å²) in [5.74, 6) is -0.594. The molecule has 0 fully saturated rings. The highest BCUT2D eigenvalue weighted by molar-refractivity contribution is 7.18. The number of nitrogens with one attached hydrogen (secondary N) is 2. The molecule has 0 bridgehead atoms. The van der Waals surface area contributed by atoms with Gasteiger partial charge in [0.25, 0.3) is 11.8 Å². The Kier molecular flexibility index (Phi) is 5.54. The predicted octanol–water partition coefficient (Wildman–Crippen LogP) is 2.68. The second-order valence-electron chi connectivity index (χ2n) is 4.54. The lowest BCUT2D eigenvalue weighted by molar-refractivity contribution is 0.0947. The Bertz CT molecular complexity index is 700. The van der Waals surface area contributed by atoms with E-state index in [1.54, 1.807) is 37.3 Å². The molecule has 1 heterocycles. The topological polar surface area (TPSA) is 78.4 Å². The van der Waals surface area contributed by atoms with Crippen molar-refractivity contribution >= 4 is 39.8 Å². The van der Waals surface area contributed by atoms with Gasteiger partial charge >= 0.3 is 0 Å². The van der Waals surface area contributed by atoms with Gasteiger partial charge in [0.05, 0.1) is 27.1 Å². The van der Waals surface area contributed by atoms with Gasteiger partial charge in [-0.1, -0.05) is 23.7 Å². The first-order chi connectivity index (χ1) is 10.5. The van der Waals surface area contributed by atoms with Crippen LogP contribution in [0.15, 0.2) is 30.3 Å². The second-order valence-corrected chi connectivity index (χ2v) is 6.00. The number of carbonyl (C=O) groups excluding carboxylic acids is 2. The molecule has 0 aliphatic rings. The number of carbonyl (C=O) groups is 2. The van der Waals surface area contributed by atoms with E-state index in [0.29, 0.717) is 20.5 Å². The van der Waals surface area contributed by atoms with E-state index < -0.39 is 0 Å². The molecule has 2 amide bonds. The van der Waals surface area contributed by atoms with Gasteiger partial charge < -0.3 is 15.7 Å². The van der Waals surface area contributed by atoms with Gasteiger partial charge in [0, 0.05) is 6.54 Å². The molecule has 0 radical (unpaired) electrons. The number of hydrogen-bond donors (Lipinski definition) is 3. The number of aryl methyl sites for hydroxylation is 1. The number of rotatable bonds is 5. The summed E-state index contributed by atoms with van der Waals surface area (Å²) in [6.45, 7) is 1.86. The van der Waals surface area contributed by atoms with Crippen molar-refractivity contribution in [1.29, 1.82) is 0 Å². The molecule has 5 nitrogen and oxygen atoms in total. The first kappa shape index (κ1) is 16.5. The first-order valence-electron chi connectivity index (χ1n) is 6.58. The molecule has 3 N–H and O–H groups in total. The van der Waals surface area contributed by atoms with Crippen LogP contribution in [0.1, 0.15) is 25.6 Å². The Balaban J connectivity index is 2.13. The van der Waals surface area contributed by atoms with Crippen LogP contribution < -0.4 is 10.6 Å². The summed E-state index contributed by atoms with van der Waals surface area (Å²) in [6, 6.07) is 8.48. The number of amides is 2. The third-order valence-electron chi connectivity index (χ3n) is 2.88. The number of benzene rings is 1. The number of hydrogen-bond acceptors (Lipinski definition) is 4. The van der Waals surface area contributed by atoms with E-state index in [9.17, 15) is 9.59 Å². The average molecular weight is 339 g/mol. The van der Waals surface area contributed by atoms with Gasteiger partial charge in [-0.25, -0.2) is 0 Å². The van der Waals surface area contributed by atoms with Gasteiger partial charge in [-0.05, 0) is 30.7 Å². The molecule has 0 saturated carbocycles. The minimum absolute atomic E-state index is 0.119. The number of aliphatic hydroxyl groups is 1. The Morgan fingerprint density at radius 2 is 2.00 bits per heavy atom. The first-order valence-corrected chi connectivity index (χ1v) is 7.77. The Labute approximate surface area is 136 Å². The summed E-state index contributed by atoms with van der Waals surface area (Å²) >= 11 is 7.16. The van der Waals surface area contributed by atoms with Gasteiger partial charge in [0.1, 0.15) is 0 Å². The van der Waals surface area contributed by atoms with Gasteiger partial charge in [0.2, 0.25) is 0 Å². The van der Waals surface area contributed by atoms with Crippen LogP contribution in [-0.4, -0.2) is 30.1 Å². The standard InChI is InChI=1S/C15H15ClN2O3S/c1-9-8-12(22-13(9)15(21)17-6-7-19)18-14(20)10-4-2-3-5-11(10)16/h2-5,8,19H,6-7H2,1H3,(H,17,21)(H,18,20). The van der Waals surface area contributed by atoms with Crippen molar-refractivity contribution in [2.24, 2.45) is 0 Å². The minimum atomic E-state index is -0.325. The molecule has 1 aromatic heterocycles. The van der Waals surface area contributed by atoms with E-state index in [0.717, 1.165) is 5.56 Å². The smallest absolute Gasteiger partial charge is 0.261 e. The zero-order chi connectivity index (χ0) is 16.1. The molecule has 116 valence electrons. The predicted molar refractivity (Wildman–Crippen MR) is 87.9 cm³/mol. The normalized spacial score (nSPS) is 10.3. The Morgan fingerprint density at radius 3 is 2.68 bits per heavy atom. The molecule has 0 aliphatic carbocycles. The van der Waals surface area contributed by atoms with Crippen molar-refractivity contribution in [2.45, 2.75) is 6.92 Å². The number of thiophene rings is 1. The summed E-state index contributed by atoms with van der Waals surface area (Å²) in [5.41, 5.74) is 1.14. The largest absolute Gasteiger partial charge is 0.395 e. The van der Waals surface area contributed by atoms with Crippen LogP contribution in [0.4, 0.5) is 5.00 Å². The summed E-state index contributed by atoms with van der Waals surface area (Å²) in [4.78, 5) is 24.6. The minimum Gasteiger partial charge on any atom is -0.395 e. The summed E-state index contributed by atoms with van der Waals surface area (Å²) in [7, 11) is 0. The van der Waals surface area contributed by atoms with Gasteiger partial charge in [0.15, 0.2) is 0 Å². The van der Waals surface area contributed by atoms with Crippen LogP contribution in [0.2, 0.25) is 5.02 Å². The quantitative estimate of drug-likeness (QED) is 0.784. The molecule has 1 aromatic carbocycles. The Morgan fingerprint density at radius 1 is 1.27 bits per heavy atom. The lowest BCUT2D eigenvalue weighted by Crippen LogP contribution is -2.26. The van der Waals surface area contributed by atoms with Crippen molar-refractivity contribution in [3.8, 4) is 0 Å². The maximum atomic E-state index is 12.2. The molecular weight excluding hydrogens is 324 g/mol. The zero-order valence-electron chi connectivity index (χ0n) is 11.9. The summed E-state index contributed by atoms with van der Waals surface area (Å²) < 4.78 is 0. The van der Waals surface area contributed by atoms with Crippen LogP contribution >= 0.6 is 22.9 Å². The SMILES string of the molecule is Cc1cc(NC(=O)c2ccccc2Cl)sc1C(=O)NCCO. The lowest BCUT2D eigenvalue weighted by Gasteiger charge is -2.04. The van der Waals surface area contributed by atoms with E-state index >= 15 is 0 Å². The molecule has 7 heteroatoms. The molecule has 0 saturated heterocycles. The van der Waals surface area contributed by atoms with Crippen molar-refractivity contribution in [2.75, 3.05) is 18.5 Å². The number of halogens is 1. The number of aliphatic hydroxyl groups excluding tert-OH is 1. The lowest BCUT2D eigenvalue weighted by atomic mass is 10.2. The molecule has 0 aliphatic heterocycles. The van der Waals surface area contributed by atoms with Crippen LogP contribution in [-0.2, 0) is 0 Å². The van der Waals surface area contributed by atoms with Crippen molar-refractivity contribution in [1.82, 2.24) is 5.32 Å². The maximum Gasteiger partial charge on any atom is 0.261 e. The highest BCUT2D eigenvalue weighted by Crippen LogP contribution is 2.27. The highest BCUT2D eigenvalue weighted by atomic mass is 35.5. The third kappa shape index (κ3) is 3.85. The number of anilines is 1. The fourth-order valence-electron chi connectivity index (χ4n) is 1.84. The van der Waals surface area contributed by atoms with E-state index in [1.807, 2.05) is 0 Å². The highest BCUT2D eigenvalue weighted by Gasteiger charge is 2.16. The van der Waals surface area contributed by atoms with Crippen LogP contribution in [0.5, 0.6) is 0 Å². The molecule has 2 aromatic rings. The second kappa shape index (κ2) is 7.40. The van der Waals surface area contributed by atoms with Gasteiger partial charge in [-0.3, -0.25) is 9.59 Å². The molecular formula is C15H15ClN2O3S. The molecule has 0 atom stereocenters. The van der Waals surface area contributed by atoms with Gasteiger partial charge in [-0.2, -0.15) is 0 Å². The molecule has 0 unspecified atom stereocenters. The van der Waals surface area contributed by atoms with Gasteiger partial charge in [-0.15, -0.1) is 11.3 Å². The fourth-order valence-corrected chi connectivity index (χ4v) is 3.05. The average Bonchev–Trinajstić information content (AvgIpc) is 2.85. The van der Waals surface area contributed by atoms with E-state index in [1.165, 1.54) is 11.3 Å². The van der Waals surface area contributed by atoms with E-state index in [4.69, 9.17) is 16.7 Å². The maximum absolute atomic E-state index is 12.2. The summed E-state index contributed by atoms with van der Waals surface area (Å²) in [6.07, 6.45) is 0. The summed E-state index contributed by atoms with van der Waals surface area (Å²) in [5, 5.41) is 15.0. The molecule has 0 spiro atoms. The van der Waals surface area contributed by atoms with E-state index in [-0.39, 0.29) is 25.0 Å². The van der Waals surface area contributed by atoms with Crippen molar-refractivity contribution < 1.29 is 14.7 Å². The van der Waals surface area contributed by atoms with E-state index in [2.05, 4.69) is 10.6 Å². The third-order valence-corrected chi connectivity index (χ3v) is 4.36. The van der Waals surface area contributed by atoms with Crippen LogP contribution in [0, 0.1) is 6.92 Å². The zero-order valence-corrected chi connectivity index (χ0v) is 13.4. The Hall–Kier alpha value is -1.89. The van der Waals surface area contributed by atoms with Crippen molar-refractivity contribution in [3.63, 3.8) is 0 Å². The monoisotopic (exact) mass is 338 g/mol. The van der Waals surface area contributed by atoms with Crippen molar-refractivity contribution in [3.05, 3.63) is 51.4 Å². The van der Waals surface area contributed by atoms with Crippen LogP contribution in [0.25, 0.3) is 0 Å².